The zero-order chi connectivity index (χ0) is 11.3. The average molecular weight is 216 g/mol. The third-order valence-corrected chi connectivity index (χ3v) is 2.79. The maximum atomic E-state index is 11.2. The van der Waals surface area contributed by atoms with Crippen molar-refractivity contribution in [2.75, 3.05) is 20.3 Å². The molecule has 1 aliphatic heterocycles. The van der Waals surface area contributed by atoms with Crippen LogP contribution in [0.25, 0.3) is 0 Å². The van der Waals surface area contributed by atoms with Gasteiger partial charge in [0.1, 0.15) is 0 Å². The van der Waals surface area contributed by atoms with Crippen LogP contribution in [0.1, 0.15) is 26.7 Å². The Balaban J connectivity index is 2.38. The van der Waals surface area contributed by atoms with Crippen LogP contribution in [0.4, 0.5) is 0 Å². The topological polar surface area (TPSA) is 44.8 Å². The normalized spacial score (nSPS) is 19.5. The fourth-order valence-corrected chi connectivity index (χ4v) is 1.68. The van der Waals surface area contributed by atoms with E-state index in [-0.39, 0.29) is 18.2 Å². The van der Waals surface area contributed by atoms with Crippen LogP contribution in [0.2, 0.25) is 0 Å². The largest absolute Gasteiger partial charge is 0.469 e. The highest BCUT2D eigenvalue weighted by molar-refractivity contribution is 5.69. The van der Waals surface area contributed by atoms with E-state index in [0.29, 0.717) is 25.6 Å². The minimum Gasteiger partial charge on any atom is -0.469 e. The third-order valence-electron chi connectivity index (χ3n) is 2.79. The summed E-state index contributed by atoms with van der Waals surface area (Å²) in [6.07, 6.45) is 1.08. The number of carbonyl (C=O) groups is 1. The number of hydrogen-bond acceptors (Lipinski definition) is 4. The van der Waals surface area contributed by atoms with Crippen LogP contribution < -0.4 is 0 Å². The van der Waals surface area contributed by atoms with E-state index in [1.807, 2.05) is 0 Å². The van der Waals surface area contributed by atoms with Crippen LogP contribution in [-0.2, 0) is 19.0 Å². The molecule has 0 aromatic rings. The molecule has 1 aliphatic rings. The number of methoxy groups -OCH3 is 1. The second-order valence-electron chi connectivity index (χ2n) is 4.19. The Hall–Kier alpha value is -0.610. The molecule has 4 nitrogen and oxygen atoms in total. The van der Waals surface area contributed by atoms with Crippen molar-refractivity contribution in [2.24, 2.45) is 11.8 Å². The van der Waals surface area contributed by atoms with Crippen molar-refractivity contribution in [3.05, 3.63) is 0 Å². The molecule has 0 unspecified atom stereocenters. The Morgan fingerprint density at radius 3 is 2.47 bits per heavy atom. The van der Waals surface area contributed by atoms with Crippen molar-refractivity contribution in [1.82, 2.24) is 0 Å². The molecule has 0 aromatic carbocycles. The summed E-state index contributed by atoms with van der Waals surface area (Å²) in [5.41, 5.74) is 0. The van der Waals surface area contributed by atoms with E-state index in [4.69, 9.17) is 9.47 Å². The molecule has 4 heteroatoms. The molecule has 1 fully saturated rings. The Kier molecular flexibility index (Phi) is 5.05. The van der Waals surface area contributed by atoms with Gasteiger partial charge in [0.25, 0.3) is 0 Å². The molecule has 0 spiro atoms. The first-order valence-electron chi connectivity index (χ1n) is 5.43. The average Bonchev–Trinajstić information content (AvgIpc) is 2.69. The Morgan fingerprint density at radius 1 is 1.40 bits per heavy atom. The fraction of sp³-hybridized carbons (Fsp3) is 0.909. The second-order valence-corrected chi connectivity index (χ2v) is 4.19. The van der Waals surface area contributed by atoms with Crippen LogP contribution in [0.5, 0.6) is 0 Å². The minimum atomic E-state index is -0.160. The number of hydrogen-bond donors (Lipinski definition) is 0. The molecule has 0 aliphatic carbocycles. The molecule has 1 rings (SSSR count). The number of carbonyl (C=O) groups excluding carboxylic acids is 1. The van der Waals surface area contributed by atoms with Crippen molar-refractivity contribution >= 4 is 5.97 Å². The molecular weight excluding hydrogens is 196 g/mol. The lowest BCUT2D eigenvalue weighted by Gasteiger charge is -2.22. The van der Waals surface area contributed by atoms with E-state index < -0.39 is 0 Å². The molecule has 0 N–H and O–H groups in total. The standard InChI is InChI=1S/C11H20O4/c1-8(2)9(6-10(12)13-3)7-11-14-4-5-15-11/h8-9,11H,4-7H2,1-3H3/t9-/m0/s1. The molecule has 1 saturated heterocycles. The third kappa shape index (κ3) is 4.18. The van der Waals surface area contributed by atoms with Gasteiger partial charge in [-0.15, -0.1) is 0 Å². The van der Waals surface area contributed by atoms with E-state index in [1.54, 1.807) is 0 Å². The van der Waals surface area contributed by atoms with E-state index in [0.717, 1.165) is 6.42 Å². The second kappa shape index (κ2) is 6.08. The number of esters is 1. The lowest BCUT2D eigenvalue weighted by Crippen LogP contribution is -2.22. The van der Waals surface area contributed by atoms with Crippen molar-refractivity contribution in [3.63, 3.8) is 0 Å². The van der Waals surface area contributed by atoms with Gasteiger partial charge in [-0.05, 0) is 11.8 Å². The Morgan fingerprint density at radius 2 is 2.00 bits per heavy atom. The highest BCUT2D eigenvalue weighted by atomic mass is 16.7. The number of rotatable bonds is 5. The van der Waals surface area contributed by atoms with E-state index in [2.05, 4.69) is 18.6 Å². The van der Waals surface area contributed by atoms with Crippen LogP contribution in [0.15, 0.2) is 0 Å². The summed E-state index contributed by atoms with van der Waals surface area (Å²) >= 11 is 0. The summed E-state index contributed by atoms with van der Waals surface area (Å²) in [4.78, 5) is 11.2. The Labute approximate surface area is 90.9 Å². The fourth-order valence-electron chi connectivity index (χ4n) is 1.68. The highest BCUT2D eigenvalue weighted by Gasteiger charge is 2.25. The summed E-state index contributed by atoms with van der Waals surface area (Å²) in [6, 6.07) is 0. The summed E-state index contributed by atoms with van der Waals surface area (Å²) < 4.78 is 15.4. The van der Waals surface area contributed by atoms with Gasteiger partial charge in [-0.1, -0.05) is 13.8 Å². The van der Waals surface area contributed by atoms with Gasteiger partial charge in [0.05, 0.1) is 20.3 Å². The predicted molar refractivity (Wildman–Crippen MR) is 55.3 cm³/mol. The zero-order valence-corrected chi connectivity index (χ0v) is 9.69. The molecule has 0 radical (unpaired) electrons. The lowest BCUT2D eigenvalue weighted by atomic mass is 9.89. The molecule has 0 saturated carbocycles. The van der Waals surface area contributed by atoms with Crippen LogP contribution in [-0.4, -0.2) is 32.6 Å². The smallest absolute Gasteiger partial charge is 0.305 e. The molecule has 0 aromatic heterocycles. The van der Waals surface area contributed by atoms with Gasteiger partial charge in [-0.3, -0.25) is 4.79 Å². The van der Waals surface area contributed by atoms with Crippen LogP contribution >= 0.6 is 0 Å². The van der Waals surface area contributed by atoms with Crippen LogP contribution in [0.3, 0.4) is 0 Å². The summed E-state index contributed by atoms with van der Waals surface area (Å²) in [5.74, 6) is 0.532. The molecule has 0 amide bonds. The van der Waals surface area contributed by atoms with Gasteiger partial charge < -0.3 is 14.2 Å². The predicted octanol–water partition coefficient (Wildman–Crippen LogP) is 1.58. The highest BCUT2D eigenvalue weighted by Crippen LogP contribution is 2.24. The molecule has 1 atom stereocenters. The lowest BCUT2D eigenvalue weighted by molar-refractivity contribution is -0.143. The maximum absolute atomic E-state index is 11.2. The van der Waals surface area contributed by atoms with Gasteiger partial charge in [0.15, 0.2) is 6.29 Å². The van der Waals surface area contributed by atoms with E-state index in [9.17, 15) is 4.79 Å². The SMILES string of the molecule is COC(=O)C[C@@H](CC1OCCO1)C(C)C. The minimum absolute atomic E-state index is 0.137. The van der Waals surface area contributed by atoms with E-state index in [1.165, 1.54) is 7.11 Å². The van der Waals surface area contributed by atoms with Gasteiger partial charge in [0, 0.05) is 12.8 Å². The quantitative estimate of drug-likeness (QED) is 0.655. The molecular formula is C11H20O4. The van der Waals surface area contributed by atoms with Gasteiger partial charge in [-0.25, -0.2) is 0 Å². The molecule has 0 bridgehead atoms. The van der Waals surface area contributed by atoms with Crippen molar-refractivity contribution < 1.29 is 19.0 Å². The van der Waals surface area contributed by atoms with E-state index >= 15 is 0 Å². The Bertz CT molecular complexity index is 197. The molecule has 1 heterocycles. The first-order valence-corrected chi connectivity index (χ1v) is 5.43. The first-order chi connectivity index (χ1) is 7.13. The van der Waals surface area contributed by atoms with Gasteiger partial charge in [-0.2, -0.15) is 0 Å². The number of ether oxygens (including phenoxy) is 3. The van der Waals surface area contributed by atoms with Gasteiger partial charge >= 0.3 is 5.97 Å². The van der Waals surface area contributed by atoms with Crippen LogP contribution in [0, 0.1) is 11.8 Å². The zero-order valence-electron chi connectivity index (χ0n) is 9.69. The van der Waals surface area contributed by atoms with Crippen molar-refractivity contribution in [2.45, 2.75) is 33.0 Å². The van der Waals surface area contributed by atoms with Crippen molar-refractivity contribution in [3.8, 4) is 0 Å². The monoisotopic (exact) mass is 216 g/mol. The summed E-state index contributed by atoms with van der Waals surface area (Å²) in [5, 5.41) is 0. The maximum Gasteiger partial charge on any atom is 0.305 e. The summed E-state index contributed by atoms with van der Waals surface area (Å²) in [7, 11) is 1.42. The molecule has 15 heavy (non-hydrogen) atoms. The van der Waals surface area contributed by atoms with Crippen molar-refractivity contribution in [1.29, 1.82) is 0 Å². The summed E-state index contributed by atoms with van der Waals surface area (Å²) in [6.45, 7) is 5.52. The first kappa shape index (κ1) is 12.5. The van der Waals surface area contributed by atoms with Gasteiger partial charge in [0.2, 0.25) is 0 Å². The molecule has 88 valence electrons.